The Kier molecular flexibility index (Phi) is 6.01. The lowest BCUT2D eigenvalue weighted by atomic mass is 10.1. The zero-order valence-electron chi connectivity index (χ0n) is 16.8. The molecular weight excluding hydrogens is 374 g/mol. The van der Waals surface area contributed by atoms with Gasteiger partial charge in [-0.15, -0.1) is 0 Å². The summed E-state index contributed by atoms with van der Waals surface area (Å²) in [5.74, 6) is 0.569. The molecular formula is C21H23N3O5. The highest BCUT2D eigenvalue weighted by atomic mass is 16.5. The maximum atomic E-state index is 12.4. The number of furan rings is 1. The van der Waals surface area contributed by atoms with Crippen LogP contribution in [0.1, 0.15) is 50.9 Å². The first-order chi connectivity index (χ1) is 13.9. The second kappa shape index (κ2) is 8.64. The van der Waals surface area contributed by atoms with E-state index in [0.29, 0.717) is 17.1 Å². The topological polar surface area (TPSA) is 95.6 Å². The van der Waals surface area contributed by atoms with Gasteiger partial charge in [0, 0.05) is 18.3 Å². The summed E-state index contributed by atoms with van der Waals surface area (Å²) in [5, 5.41) is 7.10. The van der Waals surface area contributed by atoms with E-state index in [9.17, 15) is 9.59 Å². The number of hydrogen-bond acceptors (Lipinski definition) is 6. The van der Waals surface area contributed by atoms with Gasteiger partial charge in [-0.1, -0.05) is 0 Å². The van der Waals surface area contributed by atoms with Gasteiger partial charge in [0.1, 0.15) is 18.1 Å². The predicted octanol–water partition coefficient (Wildman–Crippen LogP) is 3.18. The highest BCUT2D eigenvalue weighted by Gasteiger charge is 2.18. The number of carbonyl (C=O) groups excluding carboxylic acids is 2. The van der Waals surface area contributed by atoms with E-state index in [1.807, 2.05) is 20.9 Å². The fraction of sp³-hybridized carbons (Fsp3) is 0.286. The van der Waals surface area contributed by atoms with Crippen molar-refractivity contribution < 1.29 is 23.5 Å². The number of hydrogen-bond donors (Lipinski definition) is 1. The number of benzene rings is 1. The number of nitrogens with one attached hydrogen (secondary N) is 1. The molecule has 3 aromatic rings. The van der Waals surface area contributed by atoms with Crippen LogP contribution in [0.4, 0.5) is 0 Å². The molecule has 1 aromatic carbocycles. The molecule has 0 fully saturated rings. The van der Waals surface area contributed by atoms with E-state index in [1.54, 1.807) is 47.3 Å². The molecule has 8 nitrogen and oxygen atoms in total. The summed E-state index contributed by atoms with van der Waals surface area (Å²) in [5.41, 5.74) is 2.38. The Labute approximate surface area is 168 Å². The van der Waals surface area contributed by atoms with Crippen LogP contribution in [0, 0.1) is 6.92 Å². The van der Waals surface area contributed by atoms with E-state index in [4.69, 9.17) is 9.15 Å². The molecule has 2 aromatic heterocycles. The van der Waals surface area contributed by atoms with Gasteiger partial charge in [0.2, 0.25) is 0 Å². The summed E-state index contributed by atoms with van der Waals surface area (Å²) in [7, 11) is 3.19. The minimum absolute atomic E-state index is 0.155. The molecule has 1 atom stereocenters. The predicted molar refractivity (Wildman–Crippen MR) is 105 cm³/mol. The van der Waals surface area contributed by atoms with Crippen molar-refractivity contribution in [3.8, 4) is 5.75 Å². The molecule has 0 aliphatic heterocycles. The first-order valence-electron chi connectivity index (χ1n) is 9.08. The summed E-state index contributed by atoms with van der Waals surface area (Å²) >= 11 is 0. The molecule has 1 amide bonds. The molecule has 0 radical (unpaired) electrons. The maximum Gasteiger partial charge on any atom is 0.337 e. The smallest absolute Gasteiger partial charge is 0.337 e. The van der Waals surface area contributed by atoms with Crippen molar-refractivity contribution in [2.45, 2.75) is 26.5 Å². The van der Waals surface area contributed by atoms with Crippen LogP contribution in [0.3, 0.4) is 0 Å². The van der Waals surface area contributed by atoms with E-state index in [1.165, 1.54) is 7.11 Å². The molecule has 29 heavy (non-hydrogen) atoms. The van der Waals surface area contributed by atoms with Gasteiger partial charge in [0.15, 0.2) is 5.76 Å². The minimum atomic E-state index is -0.408. The Bertz CT molecular complexity index is 1000. The Balaban J connectivity index is 1.56. The summed E-state index contributed by atoms with van der Waals surface area (Å²) < 4.78 is 17.6. The first-order valence-corrected chi connectivity index (χ1v) is 9.08. The zero-order valence-corrected chi connectivity index (χ0v) is 16.8. The third kappa shape index (κ3) is 4.66. The van der Waals surface area contributed by atoms with Crippen LogP contribution in [0.25, 0.3) is 0 Å². The second-order valence-corrected chi connectivity index (χ2v) is 6.57. The fourth-order valence-corrected chi connectivity index (χ4v) is 2.82. The highest BCUT2D eigenvalue weighted by molar-refractivity contribution is 5.91. The monoisotopic (exact) mass is 397 g/mol. The number of amides is 1. The largest absolute Gasteiger partial charge is 0.486 e. The number of aromatic nitrogens is 2. The van der Waals surface area contributed by atoms with Crippen molar-refractivity contribution in [2.24, 2.45) is 7.05 Å². The van der Waals surface area contributed by atoms with Gasteiger partial charge in [-0.25, -0.2) is 4.79 Å². The number of carbonyl (C=O) groups is 2. The normalized spacial score (nSPS) is 11.7. The third-order valence-corrected chi connectivity index (χ3v) is 4.63. The molecule has 152 valence electrons. The minimum Gasteiger partial charge on any atom is -0.486 e. The summed E-state index contributed by atoms with van der Waals surface area (Å²) in [6.07, 6.45) is 1.74. The lowest BCUT2D eigenvalue weighted by Gasteiger charge is -2.12. The fourth-order valence-electron chi connectivity index (χ4n) is 2.82. The molecule has 0 saturated carbocycles. The van der Waals surface area contributed by atoms with Crippen LogP contribution in [-0.4, -0.2) is 28.8 Å². The number of rotatable bonds is 7. The number of esters is 1. The van der Waals surface area contributed by atoms with Gasteiger partial charge in [-0.05, 0) is 50.2 Å². The maximum absolute atomic E-state index is 12.4. The van der Waals surface area contributed by atoms with Crippen LogP contribution in [0.5, 0.6) is 5.75 Å². The molecule has 1 N–H and O–H groups in total. The number of ether oxygens (including phenoxy) is 2. The molecule has 0 spiro atoms. The van der Waals surface area contributed by atoms with E-state index >= 15 is 0 Å². The van der Waals surface area contributed by atoms with Gasteiger partial charge in [0.25, 0.3) is 5.91 Å². The molecule has 1 unspecified atom stereocenters. The molecule has 0 aliphatic carbocycles. The van der Waals surface area contributed by atoms with Crippen LogP contribution in [0.15, 0.2) is 47.0 Å². The van der Waals surface area contributed by atoms with Crippen molar-refractivity contribution in [1.82, 2.24) is 15.1 Å². The molecule has 2 heterocycles. The number of nitrogens with zero attached hydrogens (tertiary/aromatic N) is 2. The van der Waals surface area contributed by atoms with E-state index in [0.717, 1.165) is 11.3 Å². The summed E-state index contributed by atoms with van der Waals surface area (Å²) in [6, 6.07) is 9.67. The lowest BCUT2D eigenvalue weighted by Crippen LogP contribution is -2.26. The second-order valence-electron chi connectivity index (χ2n) is 6.57. The van der Waals surface area contributed by atoms with Gasteiger partial charge in [-0.2, -0.15) is 5.10 Å². The standard InChI is InChI=1S/C21H23N3O5/c1-13(18-11-22-24(3)14(18)2)23-20(25)19-10-9-17(29-19)12-28-16-7-5-15(6-8-16)21(26)27-4/h5-11,13H,12H2,1-4H3,(H,23,25). The summed E-state index contributed by atoms with van der Waals surface area (Å²) in [4.78, 5) is 23.9. The van der Waals surface area contributed by atoms with Crippen LogP contribution in [-0.2, 0) is 18.4 Å². The van der Waals surface area contributed by atoms with Crippen LogP contribution in [0.2, 0.25) is 0 Å². The number of methoxy groups -OCH3 is 1. The van der Waals surface area contributed by atoms with Gasteiger partial charge < -0.3 is 19.2 Å². The van der Waals surface area contributed by atoms with Crippen molar-refractivity contribution in [1.29, 1.82) is 0 Å². The molecule has 0 saturated heterocycles. The third-order valence-electron chi connectivity index (χ3n) is 4.63. The van der Waals surface area contributed by atoms with Crippen LogP contribution >= 0.6 is 0 Å². The van der Waals surface area contributed by atoms with E-state index in [2.05, 4.69) is 15.2 Å². The Morgan fingerprint density at radius 2 is 1.93 bits per heavy atom. The average Bonchev–Trinajstić information content (AvgIpc) is 3.33. The molecule has 3 rings (SSSR count). The SMILES string of the molecule is COC(=O)c1ccc(OCc2ccc(C(=O)NC(C)c3cnn(C)c3C)o2)cc1. The molecule has 0 bridgehead atoms. The average molecular weight is 397 g/mol. The first kappa shape index (κ1) is 20.2. The van der Waals surface area contributed by atoms with E-state index in [-0.39, 0.29) is 24.3 Å². The quantitative estimate of drug-likeness (QED) is 0.615. The van der Waals surface area contributed by atoms with Gasteiger partial charge >= 0.3 is 5.97 Å². The summed E-state index contributed by atoms with van der Waals surface area (Å²) in [6.45, 7) is 4.00. The Morgan fingerprint density at radius 3 is 2.55 bits per heavy atom. The van der Waals surface area contributed by atoms with Crippen LogP contribution < -0.4 is 10.1 Å². The van der Waals surface area contributed by atoms with Crippen molar-refractivity contribution in [2.75, 3.05) is 7.11 Å². The van der Waals surface area contributed by atoms with E-state index < -0.39 is 5.97 Å². The Hall–Kier alpha value is -3.55. The Morgan fingerprint density at radius 1 is 1.21 bits per heavy atom. The zero-order chi connectivity index (χ0) is 21.0. The van der Waals surface area contributed by atoms with Gasteiger partial charge in [0.05, 0.1) is 24.9 Å². The lowest BCUT2D eigenvalue weighted by molar-refractivity contribution is 0.0600. The van der Waals surface area contributed by atoms with Crippen molar-refractivity contribution in [3.63, 3.8) is 0 Å². The molecule has 8 heteroatoms. The number of aryl methyl sites for hydroxylation is 1. The van der Waals surface area contributed by atoms with Gasteiger partial charge in [-0.3, -0.25) is 9.48 Å². The highest BCUT2D eigenvalue weighted by Crippen LogP contribution is 2.19. The van der Waals surface area contributed by atoms with Crippen molar-refractivity contribution in [3.05, 3.63) is 70.9 Å². The molecule has 0 aliphatic rings. The van der Waals surface area contributed by atoms with Crippen molar-refractivity contribution >= 4 is 11.9 Å².